The van der Waals surface area contributed by atoms with Crippen molar-refractivity contribution in [1.82, 2.24) is 24.7 Å². The predicted octanol–water partition coefficient (Wildman–Crippen LogP) is 3.69. The third kappa shape index (κ3) is 3.56. The summed E-state index contributed by atoms with van der Waals surface area (Å²) in [7, 11) is 1.67. The van der Waals surface area contributed by atoms with Crippen molar-refractivity contribution in [3.8, 4) is 28.4 Å². The Kier molecular flexibility index (Phi) is 4.87. The van der Waals surface area contributed by atoms with Gasteiger partial charge in [-0.1, -0.05) is 12.1 Å². The van der Waals surface area contributed by atoms with Crippen LogP contribution in [0.25, 0.3) is 27.6 Å². The number of anilines is 1. The molecule has 1 unspecified atom stereocenters. The lowest BCUT2D eigenvalue weighted by Gasteiger charge is -2.23. The number of thiazole rings is 1. The smallest absolute Gasteiger partial charge is 0.223 e. The topological polar surface area (TPSA) is 76.4 Å². The molecule has 8 heteroatoms. The molecule has 1 fully saturated rings. The molecule has 0 bridgehead atoms. The van der Waals surface area contributed by atoms with E-state index in [1.165, 1.54) is 0 Å². The Morgan fingerprint density at radius 2 is 2.24 bits per heavy atom. The third-order valence-electron chi connectivity index (χ3n) is 5.13. The number of nitrogens with zero attached hydrogens (tertiary/aromatic N) is 4. The van der Waals surface area contributed by atoms with Crippen molar-refractivity contribution in [2.75, 3.05) is 25.5 Å². The number of hydrogen-bond donors (Lipinski definition) is 2. The van der Waals surface area contributed by atoms with Gasteiger partial charge in [0.15, 0.2) is 4.96 Å². The van der Waals surface area contributed by atoms with Gasteiger partial charge >= 0.3 is 0 Å². The molecule has 0 radical (unpaired) electrons. The average molecular weight is 407 g/mol. The SMILES string of the molecule is COc1cccc(-c2nc3sccn3c2-c2ccnc(NC3CCCNC3)n2)c1. The second-order valence-electron chi connectivity index (χ2n) is 7.05. The van der Waals surface area contributed by atoms with Crippen molar-refractivity contribution in [3.63, 3.8) is 0 Å². The van der Waals surface area contributed by atoms with Crippen LogP contribution >= 0.6 is 11.3 Å². The van der Waals surface area contributed by atoms with Crippen molar-refractivity contribution in [2.24, 2.45) is 0 Å². The molecule has 0 amide bonds. The van der Waals surface area contributed by atoms with E-state index in [4.69, 9.17) is 14.7 Å². The third-order valence-corrected chi connectivity index (χ3v) is 5.89. The first-order valence-electron chi connectivity index (χ1n) is 9.72. The monoisotopic (exact) mass is 406 g/mol. The van der Waals surface area contributed by atoms with Crippen molar-refractivity contribution in [2.45, 2.75) is 18.9 Å². The molecule has 3 aromatic heterocycles. The van der Waals surface area contributed by atoms with E-state index in [1.807, 2.05) is 48.1 Å². The fourth-order valence-corrected chi connectivity index (χ4v) is 4.43. The van der Waals surface area contributed by atoms with Gasteiger partial charge in [-0.15, -0.1) is 11.3 Å². The Labute approximate surface area is 172 Å². The number of fused-ring (bicyclic) bond motifs is 1. The molecule has 1 aliphatic heterocycles. The van der Waals surface area contributed by atoms with Crippen LogP contribution < -0.4 is 15.4 Å². The number of imidazole rings is 1. The van der Waals surface area contributed by atoms with Gasteiger partial charge in [0.25, 0.3) is 0 Å². The second kappa shape index (κ2) is 7.81. The summed E-state index contributed by atoms with van der Waals surface area (Å²) in [6, 6.07) is 10.3. The number of ether oxygens (including phenoxy) is 1. The molecular formula is C21H22N6OS. The quantitative estimate of drug-likeness (QED) is 0.526. The number of aromatic nitrogens is 4. The maximum Gasteiger partial charge on any atom is 0.223 e. The fourth-order valence-electron chi connectivity index (χ4n) is 3.72. The van der Waals surface area contributed by atoms with E-state index in [9.17, 15) is 0 Å². The highest BCUT2D eigenvalue weighted by atomic mass is 32.1. The van der Waals surface area contributed by atoms with Crippen molar-refractivity contribution < 1.29 is 4.74 Å². The highest BCUT2D eigenvalue weighted by Crippen LogP contribution is 2.34. The van der Waals surface area contributed by atoms with Crippen LogP contribution in [0.5, 0.6) is 5.75 Å². The van der Waals surface area contributed by atoms with Gasteiger partial charge in [0.1, 0.15) is 11.4 Å². The molecule has 1 aliphatic rings. The molecule has 4 heterocycles. The standard InChI is InChI=1S/C21H22N6OS/c1-28-16-6-2-4-14(12-16)18-19(27-10-11-29-21(27)26-18)17-7-9-23-20(25-17)24-15-5-3-8-22-13-15/h2,4,6-7,9-12,15,22H,3,5,8,13H2,1H3,(H,23,24,25). The zero-order chi connectivity index (χ0) is 19.6. The average Bonchev–Trinajstić information content (AvgIpc) is 3.36. The van der Waals surface area contributed by atoms with E-state index in [0.717, 1.165) is 59.3 Å². The minimum Gasteiger partial charge on any atom is -0.497 e. The molecule has 4 aromatic rings. The molecule has 0 spiro atoms. The molecule has 148 valence electrons. The van der Waals surface area contributed by atoms with Crippen LogP contribution in [-0.4, -0.2) is 45.6 Å². The number of hydrogen-bond acceptors (Lipinski definition) is 7. The Hall–Kier alpha value is -2.97. The molecule has 29 heavy (non-hydrogen) atoms. The summed E-state index contributed by atoms with van der Waals surface area (Å²) in [6.07, 6.45) is 6.13. The zero-order valence-corrected chi connectivity index (χ0v) is 16.9. The minimum atomic E-state index is 0.350. The van der Waals surface area contributed by atoms with E-state index >= 15 is 0 Å². The molecule has 5 rings (SSSR count). The molecule has 1 atom stereocenters. The van der Waals surface area contributed by atoms with Crippen molar-refractivity contribution in [1.29, 1.82) is 0 Å². The van der Waals surface area contributed by atoms with E-state index in [0.29, 0.717) is 12.0 Å². The first kappa shape index (κ1) is 18.1. The largest absolute Gasteiger partial charge is 0.497 e. The molecule has 0 saturated carbocycles. The van der Waals surface area contributed by atoms with Crippen LogP contribution in [-0.2, 0) is 0 Å². The summed E-state index contributed by atoms with van der Waals surface area (Å²) in [5.41, 5.74) is 3.69. The van der Waals surface area contributed by atoms with Crippen LogP contribution in [0.3, 0.4) is 0 Å². The van der Waals surface area contributed by atoms with E-state index in [-0.39, 0.29) is 0 Å². The number of methoxy groups -OCH3 is 1. The van der Waals surface area contributed by atoms with Gasteiger partial charge in [0.2, 0.25) is 5.95 Å². The summed E-state index contributed by atoms with van der Waals surface area (Å²) in [6.45, 7) is 2.01. The first-order chi connectivity index (χ1) is 14.3. The van der Waals surface area contributed by atoms with Crippen molar-refractivity contribution in [3.05, 3.63) is 48.1 Å². The van der Waals surface area contributed by atoms with Gasteiger partial charge in [-0.25, -0.2) is 15.0 Å². The highest BCUT2D eigenvalue weighted by molar-refractivity contribution is 7.15. The van der Waals surface area contributed by atoms with Gasteiger partial charge in [-0.3, -0.25) is 4.40 Å². The summed E-state index contributed by atoms with van der Waals surface area (Å²) in [5.74, 6) is 1.46. The molecule has 0 aliphatic carbocycles. The van der Waals surface area contributed by atoms with Crippen LogP contribution in [0.2, 0.25) is 0 Å². The lowest BCUT2D eigenvalue weighted by Crippen LogP contribution is -2.38. The van der Waals surface area contributed by atoms with E-state index < -0.39 is 0 Å². The summed E-state index contributed by atoms with van der Waals surface area (Å²) < 4.78 is 7.50. The van der Waals surface area contributed by atoms with Gasteiger partial charge in [-0.05, 0) is 37.6 Å². The van der Waals surface area contributed by atoms with Gasteiger partial charge in [-0.2, -0.15) is 0 Å². The second-order valence-corrected chi connectivity index (χ2v) is 7.92. The van der Waals surface area contributed by atoms with Crippen molar-refractivity contribution >= 4 is 22.2 Å². The Bertz CT molecular complexity index is 1130. The Morgan fingerprint density at radius 3 is 3.10 bits per heavy atom. The van der Waals surface area contributed by atoms with E-state index in [1.54, 1.807) is 18.4 Å². The molecule has 2 N–H and O–H groups in total. The highest BCUT2D eigenvalue weighted by Gasteiger charge is 2.20. The molecule has 1 saturated heterocycles. The number of piperidine rings is 1. The Morgan fingerprint density at radius 1 is 1.28 bits per heavy atom. The summed E-state index contributed by atoms with van der Waals surface area (Å²) in [4.78, 5) is 15.1. The summed E-state index contributed by atoms with van der Waals surface area (Å²) in [5, 5.41) is 8.92. The van der Waals surface area contributed by atoms with Crippen LogP contribution in [0.4, 0.5) is 5.95 Å². The molecule has 7 nitrogen and oxygen atoms in total. The minimum absolute atomic E-state index is 0.350. The van der Waals surface area contributed by atoms with E-state index in [2.05, 4.69) is 20.0 Å². The summed E-state index contributed by atoms with van der Waals surface area (Å²) >= 11 is 1.61. The number of nitrogens with one attached hydrogen (secondary N) is 2. The molecule has 1 aromatic carbocycles. The van der Waals surface area contributed by atoms with Gasteiger partial charge in [0, 0.05) is 35.9 Å². The fraction of sp³-hybridized carbons (Fsp3) is 0.286. The maximum absolute atomic E-state index is 5.41. The molecular weight excluding hydrogens is 384 g/mol. The lowest BCUT2D eigenvalue weighted by molar-refractivity contribution is 0.415. The lowest BCUT2D eigenvalue weighted by atomic mass is 10.1. The van der Waals surface area contributed by atoms with Gasteiger partial charge < -0.3 is 15.4 Å². The van der Waals surface area contributed by atoms with Gasteiger partial charge in [0.05, 0.1) is 18.5 Å². The Balaban J connectivity index is 1.57. The predicted molar refractivity (Wildman–Crippen MR) is 116 cm³/mol. The number of rotatable bonds is 5. The van der Waals surface area contributed by atoms with Crippen LogP contribution in [0.1, 0.15) is 12.8 Å². The maximum atomic E-state index is 5.41. The zero-order valence-electron chi connectivity index (χ0n) is 16.1. The normalized spacial score (nSPS) is 16.8. The number of benzene rings is 1. The van der Waals surface area contributed by atoms with Crippen LogP contribution in [0, 0.1) is 0 Å². The van der Waals surface area contributed by atoms with Crippen LogP contribution in [0.15, 0.2) is 48.1 Å². The first-order valence-corrected chi connectivity index (χ1v) is 10.6.